The van der Waals surface area contributed by atoms with Crippen molar-refractivity contribution in [3.63, 3.8) is 0 Å². The highest BCUT2D eigenvalue weighted by Crippen LogP contribution is 2.04. The predicted molar refractivity (Wildman–Crippen MR) is 71.0 cm³/mol. The summed E-state index contributed by atoms with van der Waals surface area (Å²) in [5.74, 6) is 0. The summed E-state index contributed by atoms with van der Waals surface area (Å²) < 4.78 is 10.9. The van der Waals surface area contributed by atoms with Crippen LogP contribution < -0.4 is 0 Å². The second kappa shape index (κ2) is 12.9. The van der Waals surface area contributed by atoms with Gasteiger partial charge in [-0.15, -0.1) is 0 Å². The Kier molecular flexibility index (Phi) is 14.8. The van der Waals surface area contributed by atoms with E-state index >= 15 is 0 Å². The molecule has 0 aromatic carbocycles. The molecule has 0 N–H and O–H groups in total. The maximum Gasteiger partial charge on any atom is 0.0605 e. The Morgan fingerprint density at radius 2 is 1.62 bits per heavy atom. The minimum absolute atomic E-state index is 0.321. The van der Waals surface area contributed by atoms with Gasteiger partial charge in [0.25, 0.3) is 0 Å². The smallest absolute Gasteiger partial charge is 0.0605 e. The molecule has 100 valence electrons. The van der Waals surface area contributed by atoms with Crippen molar-refractivity contribution in [3.05, 3.63) is 0 Å². The van der Waals surface area contributed by atoms with Gasteiger partial charge in [0.1, 0.15) is 0 Å². The Morgan fingerprint density at radius 3 is 2.00 bits per heavy atom. The van der Waals surface area contributed by atoms with Crippen molar-refractivity contribution in [1.82, 2.24) is 4.90 Å². The van der Waals surface area contributed by atoms with Gasteiger partial charge in [-0.25, -0.2) is 0 Å². The van der Waals surface area contributed by atoms with Gasteiger partial charge in [0.15, 0.2) is 0 Å². The fourth-order valence-corrected chi connectivity index (χ4v) is 1.22. The van der Waals surface area contributed by atoms with Crippen LogP contribution in [0.1, 0.15) is 40.5 Å². The first kappa shape index (κ1) is 18.3. The van der Waals surface area contributed by atoms with Crippen LogP contribution in [0.5, 0.6) is 0 Å². The van der Waals surface area contributed by atoms with Crippen molar-refractivity contribution in [2.45, 2.75) is 52.7 Å². The summed E-state index contributed by atoms with van der Waals surface area (Å²) in [7, 11) is 5.93. The number of methoxy groups -OCH3 is 1. The number of rotatable bonds is 8. The van der Waals surface area contributed by atoms with Gasteiger partial charge in [-0.3, -0.25) is 0 Å². The lowest BCUT2D eigenvalue weighted by Gasteiger charge is -2.18. The van der Waals surface area contributed by atoms with Gasteiger partial charge in [-0.2, -0.15) is 0 Å². The predicted octanol–water partition coefficient (Wildman–Crippen LogP) is 2.79. The van der Waals surface area contributed by atoms with Crippen molar-refractivity contribution < 1.29 is 9.47 Å². The summed E-state index contributed by atoms with van der Waals surface area (Å²) >= 11 is 0. The van der Waals surface area contributed by atoms with E-state index in [1.165, 1.54) is 0 Å². The highest BCUT2D eigenvalue weighted by atomic mass is 16.5. The van der Waals surface area contributed by atoms with Crippen LogP contribution in [0.3, 0.4) is 0 Å². The van der Waals surface area contributed by atoms with Crippen molar-refractivity contribution in [1.29, 1.82) is 0 Å². The molecule has 0 aliphatic rings. The molecule has 0 amide bonds. The lowest BCUT2D eigenvalue weighted by atomic mass is 10.2. The molecular formula is C13H31NO2. The monoisotopic (exact) mass is 233 g/mol. The third kappa shape index (κ3) is 13.9. The molecule has 0 saturated carbocycles. The Balaban J connectivity index is 0. The van der Waals surface area contributed by atoms with Crippen molar-refractivity contribution in [2.24, 2.45) is 0 Å². The summed E-state index contributed by atoms with van der Waals surface area (Å²) in [6.45, 7) is 9.98. The molecule has 0 aliphatic carbocycles. The van der Waals surface area contributed by atoms with Gasteiger partial charge in [-0.1, -0.05) is 13.8 Å². The van der Waals surface area contributed by atoms with Crippen molar-refractivity contribution >= 4 is 0 Å². The van der Waals surface area contributed by atoms with Crippen LogP contribution in [0.4, 0.5) is 0 Å². The molecule has 0 fully saturated rings. The van der Waals surface area contributed by atoms with Crippen LogP contribution in [0.2, 0.25) is 0 Å². The first-order chi connectivity index (χ1) is 7.56. The highest BCUT2D eigenvalue weighted by Gasteiger charge is 2.07. The summed E-state index contributed by atoms with van der Waals surface area (Å²) in [5, 5.41) is 0. The van der Waals surface area contributed by atoms with Crippen LogP contribution in [-0.2, 0) is 9.47 Å². The number of nitrogens with zero attached hydrogens (tertiary/aromatic N) is 1. The molecule has 3 nitrogen and oxygen atoms in total. The van der Waals surface area contributed by atoms with Crippen molar-refractivity contribution in [3.8, 4) is 0 Å². The Bertz CT molecular complexity index is 127. The quantitative estimate of drug-likeness (QED) is 0.643. The fraction of sp³-hybridized carbons (Fsp3) is 1.00. The van der Waals surface area contributed by atoms with E-state index in [2.05, 4.69) is 32.8 Å². The molecule has 16 heavy (non-hydrogen) atoms. The van der Waals surface area contributed by atoms with Crippen LogP contribution in [0.15, 0.2) is 0 Å². The lowest BCUT2D eigenvalue weighted by molar-refractivity contribution is 0.0236. The zero-order valence-corrected chi connectivity index (χ0v) is 12.2. The molecule has 1 unspecified atom stereocenters. The minimum Gasteiger partial charge on any atom is -0.381 e. The zero-order valence-electron chi connectivity index (χ0n) is 12.2. The van der Waals surface area contributed by atoms with Gasteiger partial charge < -0.3 is 14.4 Å². The molecule has 0 aliphatic heterocycles. The third-order valence-electron chi connectivity index (χ3n) is 2.12. The maximum atomic E-state index is 5.49. The summed E-state index contributed by atoms with van der Waals surface area (Å²) in [5.41, 5.74) is 0. The molecule has 0 saturated heterocycles. The summed E-state index contributed by atoms with van der Waals surface area (Å²) in [6, 6.07) is 0. The van der Waals surface area contributed by atoms with Gasteiger partial charge in [-0.05, 0) is 47.3 Å². The average molecular weight is 233 g/mol. The Hall–Kier alpha value is -0.120. The van der Waals surface area contributed by atoms with Gasteiger partial charge in [0.05, 0.1) is 12.2 Å². The Morgan fingerprint density at radius 1 is 1.06 bits per heavy atom. The average Bonchev–Trinajstić information content (AvgIpc) is 2.25. The first-order valence-corrected chi connectivity index (χ1v) is 6.35. The molecule has 3 heteroatoms. The van der Waals surface area contributed by atoms with Crippen LogP contribution in [-0.4, -0.2) is 51.5 Å². The van der Waals surface area contributed by atoms with Gasteiger partial charge in [0, 0.05) is 13.7 Å². The van der Waals surface area contributed by atoms with Crippen molar-refractivity contribution in [2.75, 3.05) is 34.4 Å². The summed E-state index contributed by atoms with van der Waals surface area (Å²) in [4.78, 5) is 2.18. The second-order valence-corrected chi connectivity index (χ2v) is 4.16. The Labute approximate surface area is 102 Å². The number of hydrogen-bond donors (Lipinski definition) is 0. The highest BCUT2D eigenvalue weighted by molar-refractivity contribution is 4.59. The summed E-state index contributed by atoms with van der Waals surface area (Å²) in [6.07, 6.45) is 2.71. The molecule has 0 bridgehead atoms. The van der Waals surface area contributed by atoms with E-state index in [0.717, 1.165) is 26.0 Å². The second-order valence-electron chi connectivity index (χ2n) is 4.16. The van der Waals surface area contributed by atoms with E-state index < -0.39 is 0 Å². The molecule has 0 rings (SSSR count). The topological polar surface area (TPSA) is 21.7 Å². The number of ether oxygens (including phenoxy) is 2. The molecule has 0 aromatic rings. The van der Waals surface area contributed by atoms with E-state index in [1.807, 2.05) is 13.8 Å². The van der Waals surface area contributed by atoms with E-state index in [-0.39, 0.29) is 0 Å². The SMILES string of the molecule is CC.COC(CCOC(C)C)CCN(C)C. The van der Waals surface area contributed by atoms with Crippen LogP contribution >= 0.6 is 0 Å². The first-order valence-electron chi connectivity index (χ1n) is 6.35. The van der Waals surface area contributed by atoms with Gasteiger partial charge in [0.2, 0.25) is 0 Å². The van der Waals surface area contributed by atoms with E-state index in [1.54, 1.807) is 7.11 Å². The lowest BCUT2D eigenvalue weighted by Crippen LogP contribution is -2.22. The van der Waals surface area contributed by atoms with E-state index in [0.29, 0.717) is 12.2 Å². The molecular weight excluding hydrogens is 202 g/mol. The van der Waals surface area contributed by atoms with Gasteiger partial charge >= 0.3 is 0 Å². The third-order valence-corrected chi connectivity index (χ3v) is 2.12. The molecule has 0 heterocycles. The largest absolute Gasteiger partial charge is 0.381 e. The molecule has 0 aromatic heterocycles. The van der Waals surface area contributed by atoms with Crippen LogP contribution in [0.25, 0.3) is 0 Å². The molecule has 0 radical (unpaired) electrons. The minimum atomic E-state index is 0.321. The maximum absolute atomic E-state index is 5.49. The van der Waals surface area contributed by atoms with Crippen LogP contribution in [0, 0.1) is 0 Å². The standard InChI is InChI=1S/C11H25NO2.C2H6/c1-10(2)14-9-7-11(13-5)6-8-12(3)4;1-2/h10-11H,6-9H2,1-5H3;1-2H3. The molecule has 1 atom stereocenters. The van der Waals surface area contributed by atoms with E-state index in [4.69, 9.17) is 9.47 Å². The normalized spacial score (nSPS) is 12.6. The number of hydrogen-bond acceptors (Lipinski definition) is 3. The zero-order chi connectivity index (χ0) is 13.0. The molecule has 0 spiro atoms. The van der Waals surface area contributed by atoms with E-state index in [9.17, 15) is 0 Å². The fourth-order valence-electron chi connectivity index (χ4n) is 1.22.